The Kier molecular flexibility index (Phi) is 6.66. The third kappa shape index (κ3) is 4.47. The molecule has 12 rings (SSSR count). The van der Waals surface area contributed by atoms with Crippen LogP contribution in [0.15, 0.2) is 182 Å². The molecule has 0 bridgehead atoms. The van der Waals surface area contributed by atoms with Crippen LogP contribution in [0.5, 0.6) is 0 Å². The molecule has 0 unspecified atom stereocenters. The highest BCUT2D eigenvalue weighted by Crippen LogP contribution is 2.53. The van der Waals surface area contributed by atoms with Crippen LogP contribution in [-0.2, 0) is 5.41 Å². The SMILES string of the molecule is CC1(C)c2ccccc2-c2cc3sc4cc(-c5cccc(-c6c7ccccc7c(-c7ccc8ccccc8c7)c7ccccc67)c5)c5ccccc5c4c3cc21. The number of benzene rings is 10. The van der Waals surface area contributed by atoms with Gasteiger partial charge in [-0.15, -0.1) is 11.3 Å². The van der Waals surface area contributed by atoms with E-state index < -0.39 is 0 Å². The predicted octanol–water partition coefficient (Wildman–Crippen LogP) is 16.0. The maximum atomic E-state index is 2.51. The number of fused-ring (bicyclic) bond motifs is 11. The van der Waals surface area contributed by atoms with Gasteiger partial charge in [-0.3, -0.25) is 0 Å². The first-order valence-electron chi connectivity index (χ1n) is 19.6. The molecule has 0 N–H and O–H groups in total. The lowest BCUT2D eigenvalue weighted by Gasteiger charge is -2.21. The van der Waals surface area contributed by atoms with Crippen molar-refractivity contribution in [3.05, 3.63) is 193 Å². The molecule has 1 aliphatic rings. The minimum atomic E-state index is -0.0351. The van der Waals surface area contributed by atoms with Crippen molar-refractivity contribution in [1.82, 2.24) is 0 Å². The summed E-state index contributed by atoms with van der Waals surface area (Å²) in [5.41, 5.74) is 13.2. The summed E-state index contributed by atoms with van der Waals surface area (Å²) >= 11 is 1.93. The standard InChI is InChI=1S/C55H36S/c1-55(2)48-25-12-11-19-39(48)46-32-50-47(30-49(46)55)54-40-20-6-5-18-38(40)45(31-51(54)56-50)35-16-13-17-36(29-35)52-41-21-7-9-23-43(41)53(44-24-10-8-22-42(44)52)37-27-26-33-14-3-4-15-34(33)28-37/h3-32H,1-2H3. The van der Waals surface area contributed by atoms with Gasteiger partial charge in [-0.2, -0.15) is 0 Å². The van der Waals surface area contributed by atoms with E-state index in [-0.39, 0.29) is 5.41 Å². The Bertz CT molecular complexity index is 3390. The monoisotopic (exact) mass is 728 g/mol. The summed E-state index contributed by atoms with van der Waals surface area (Å²) in [6.45, 7) is 4.76. The van der Waals surface area contributed by atoms with Crippen LogP contribution in [-0.4, -0.2) is 0 Å². The average Bonchev–Trinajstić information content (AvgIpc) is 3.72. The van der Waals surface area contributed by atoms with Gasteiger partial charge in [0.15, 0.2) is 0 Å². The van der Waals surface area contributed by atoms with Gasteiger partial charge in [0, 0.05) is 25.6 Å². The molecule has 0 amide bonds. The van der Waals surface area contributed by atoms with Crippen molar-refractivity contribution in [2.24, 2.45) is 0 Å². The van der Waals surface area contributed by atoms with E-state index in [1.807, 2.05) is 11.3 Å². The zero-order chi connectivity index (χ0) is 37.1. The van der Waals surface area contributed by atoms with Crippen LogP contribution in [0.1, 0.15) is 25.0 Å². The van der Waals surface area contributed by atoms with Gasteiger partial charge >= 0.3 is 0 Å². The molecule has 0 atom stereocenters. The van der Waals surface area contributed by atoms with E-state index in [4.69, 9.17) is 0 Å². The fourth-order valence-corrected chi connectivity index (χ4v) is 11.2. The summed E-state index contributed by atoms with van der Waals surface area (Å²) in [6.07, 6.45) is 0. The summed E-state index contributed by atoms with van der Waals surface area (Å²) in [5.74, 6) is 0. The van der Waals surface area contributed by atoms with E-state index in [9.17, 15) is 0 Å². The van der Waals surface area contributed by atoms with Gasteiger partial charge in [0.05, 0.1) is 0 Å². The van der Waals surface area contributed by atoms with Crippen molar-refractivity contribution < 1.29 is 0 Å². The van der Waals surface area contributed by atoms with Gasteiger partial charge in [0.1, 0.15) is 0 Å². The minimum Gasteiger partial charge on any atom is -0.135 e. The van der Waals surface area contributed by atoms with Crippen LogP contribution in [0.3, 0.4) is 0 Å². The molecular weight excluding hydrogens is 693 g/mol. The lowest BCUT2D eigenvalue weighted by atomic mass is 9.82. The van der Waals surface area contributed by atoms with Gasteiger partial charge in [-0.05, 0) is 129 Å². The Labute approximate surface area is 329 Å². The van der Waals surface area contributed by atoms with E-state index in [0.29, 0.717) is 0 Å². The lowest BCUT2D eigenvalue weighted by Crippen LogP contribution is -2.14. The van der Waals surface area contributed by atoms with Crippen molar-refractivity contribution in [3.8, 4) is 44.5 Å². The summed E-state index contributed by atoms with van der Waals surface area (Å²) in [5, 5.41) is 13.0. The summed E-state index contributed by atoms with van der Waals surface area (Å²) in [4.78, 5) is 0. The van der Waals surface area contributed by atoms with Crippen LogP contribution < -0.4 is 0 Å². The maximum absolute atomic E-state index is 2.51. The first-order valence-corrected chi connectivity index (χ1v) is 20.4. The van der Waals surface area contributed by atoms with Crippen molar-refractivity contribution in [2.45, 2.75) is 19.3 Å². The van der Waals surface area contributed by atoms with Gasteiger partial charge < -0.3 is 0 Å². The molecule has 0 fully saturated rings. The van der Waals surface area contributed by atoms with Crippen molar-refractivity contribution in [2.75, 3.05) is 0 Å². The average molecular weight is 729 g/mol. The summed E-state index contributed by atoms with van der Waals surface area (Å²) in [7, 11) is 0. The number of thiophene rings is 1. The molecular formula is C55H36S. The van der Waals surface area contributed by atoms with Crippen molar-refractivity contribution in [1.29, 1.82) is 0 Å². The third-order valence-electron chi connectivity index (χ3n) is 12.6. The van der Waals surface area contributed by atoms with Gasteiger partial charge in [-0.1, -0.05) is 166 Å². The molecule has 262 valence electrons. The van der Waals surface area contributed by atoms with Crippen molar-refractivity contribution in [3.63, 3.8) is 0 Å². The predicted molar refractivity (Wildman–Crippen MR) is 243 cm³/mol. The van der Waals surface area contributed by atoms with E-state index in [0.717, 1.165) is 0 Å². The first-order chi connectivity index (χ1) is 27.5. The number of rotatable bonds is 3. The second-order valence-corrected chi connectivity index (χ2v) is 17.1. The van der Waals surface area contributed by atoms with E-state index in [1.165, 1.54) is 119 Å². The smallest absolute Gasteiger partial charge is 0.0368 e. The highest BCUT2D eigenvalue weighted by atomic mass is 32.1. The fraction of sp³-hybridized carbons (Fsp3) is 0.0545. The van der Waals surface area contributed by atoms with Crippen molar-refractivity contribution >= 4 is 74.6 Å². The van der Waals surface area contributed by atoms with Gasteiger partial charge in [-0.25, -0.2) is 0 Å². The fourth-order valence-electron chi connectivity index (χ4n) is 10.0. The Morgan fingerprint density at radius 1 is 0.339 bits per heavy atom. The van der Waals surface area contributed by atoms with Crippen LogP contribution in [0.25, 0.3) is 108 Å². The Hall–Kier alpha value is -6.54. The molecule has 1 aliphatic carbocycles. The highest BCUT2D eigenvalue weighted by Gasteiger charge is 2.36. The zero-order valence-corrected chi connectivity index (χ0v) is 32.0. The molecule has 0 saturated heterocycles. The molecule has 56 heavy (non-hydrogen) atoms. The van der Waals surface area contributed by atoms with Gasteiger partial charge in [0.2, 0.25) is 0 Å². The van der Waals surface area contributed by atoms with Crippen LogP contribution in [0, 0.1) is 0 Å². The molecule has 1 heteroatoms. The molecule has 0 saturated carbocycles. The molecule has 11 aromatic rings. The van der Waals surface area contributed by atoms with Gasteiger partial charge in [0.25, 0.3) is 0 Å². The van der Waals surface area contributed by atoms with Crippen LogP contribution in [0.4, 0.5) is 0 Å². The lowest BCUT2D eigenvalue weighted by molar-refractivity contribution is 0.661. The maximum Gasteiger partial charge on any atom is 0.0368 e. The molecule has 0 spiro atoms. The molecule has 0 radical (unpaired) electrons. The van der Waals surface area contributed by atoms with E-state index in [1.54, 1.807) is 0 Å². The van der Waals surface area contributed by atoms with Crippen LogP contribution >= 0.6 is 11.3 Å². The Balaban J connectivity index is 1.08. The topological polar surface area (TPSA) is 0 Å². The van der Waals surface area contributed by atoms with E-state index >= 15 is 0 Å². The van der Waals surface area contributed by atoms with Crippen LogP contribution in [0.2, 0.25) is 0 Å². The molecule has 0 aliphatic heterocycles. The highest BCUT2D eigenvalue weighted by molar-refractivity contribution is 7.26. The number of hydrogen-bond donors (Lipinski definition) is 0. The Morgan fingerprint density at radius 2 is 0.911 bits per heavy atom. The number of hydrogen-bond acceptors (Lipinski definition) is 1. The summed E-state index contributed by atoms with van der Waals surface area (Å²) in [6, 6.07) is 68.3. The third-order valence-corrected chi connectivity index (χ3v) is 13.7. The second kappa shape index (κ2) is 11.7. The quantitative estimate of drug-likeness (QED) is 0.159. The molecule has 0 nitrogen and oxygen atoms in total. The second-order valence-electron chi connectivity index (χ2n) is 16.0. The summed E-state index contributed by atoms with van der Waals surface area (Å²) < 4.78 is 2.69. The van der Waals surface area contributed by atoms with E-state index in [2.05, 4.69) is 196 Å². The normalized spacial score (nSPS) is 13.3. The largest absolute Gasteiger partial charge is 0.135 e. The Morgan fingerprint density at radius 3 is 1.64 bits per heavy atom. The molecule has 1 heterocycles. The molecule has 10 aromatic carbocycles. The molecule has 1 aromatic heterocycles. The zero-order valence-electron chi connectivity index (χ0n) is 31.2. The minimum absolute atomic E-state index is 0.0351. The first kappa shape index (κ1) is 31.8.